The fourth-order valence-electron chi connectivity index (χ4n) is 2.07. The van der Waals surface area contributed by atoms with E-state index < -0.39 is 0 Å². The highest BCUT2D eigenvalue weighted by Crippen LogP contribution is 2.22. The fourth-order valence-corrected chi connectivity index (χ4v) is 2.66. The highest BCUT2D eigenvalue weighted by atomic mass is 32.1. The van der Waals surface area contributed by atoms with Crippen LogP contribution in [-0.2, 0) is 0 Å². The van der Waals surface area contributed by atoms with Crippen LogP contribution >= 0.6 is 11.3 Å². The largest absolute Gasteiger partial charge is 0.289 e. The molecule has 0 saturated heterocycles. The van der Waals surface area contributed by atoms with Gasteiger partial charge < -0.3 is 0 Å². The van der Waals surface area contributed by atoms with E-state index in [9.17, 15) is 4.79 Å². The second kappa shape index (κ2) is 6.36. The van der Waals surface area contributed by atoms with Gasteiger partial charge in [-0.05, 0) is 18.4 Å². The summed E-state index contributed by atoms with van der Waals surface area (Å²) >= 11 is 1.55. The second-order valence-electron chi connectivity index (χ2n) is 4.65. The smallest absolute Gasteiger partial charge is 0.272 e. The molecule has 0 aliphatic heterocycles. The van der Waals surface area contributed by atoms with Gasteiger partial charge >= 0.3 is 0 Å². The maximum Gasteiger partial charge on any atom is 0.289 e. The molecule has 2 heterocycles. The Labute approximate surface area is 131 Å². The standard InChI is InChI=1S/C16H14N4OS/c1-11-14(12-6-3-2-4-7-12)18-19-15(11)16(21)20-17-10-13-8-5-9-22-13/h2-10H,1H3,(H,18,19)(H,20,21)/b17-10-. The summed E-state index contributed by atoms with van der Waals surface area (Å²) in [5.41, 5.74) is 5.47. The van der Waals surface area contributed by atoms with Crippen LogP contribution in [0.5, 0.6) is 0 Å². The molecule has 5 nitrogen and oxygen atoms in total. The number of aromatic amines is 1. The Morgan fingerprint density at radius 1 is 1.27 bits per heavy atom. The van der Waals surface area contributed by atoms with Crippen molar-refractivity contribution in [1.82, 2.24) is 15.6 Å². The molecule has 6 heteroatoms. The molecule has 0 bridgehead atoms. The van der Waals surface area contributed by atoms with Crippen molar-refractivity contribution in [3.8, 4) is 11.3 Å². The van der Waals surface area contributed by atoms with Crippen LogP contribution in [0.1, 0.15) is 20.9 Å². The number of carbonyl (C=O) groups excluding carboxylic acids is 1. The summed E-state index contributed by atoms with van der Waals surface area (Å²) in [7, 11) is 0. The molecule has 2 N–H and O–H groups in total. The zero-order valence-corrected chi connectivity index (χ0v) is 12.7. The first kappa shape index (κ1) is 14.2. The van der Waals surface area contributed by atoms with Crippen molar-refractivity contribution in [2.75, 3.05) is 0 Å². The summed E-state index contributed by atoms with van der Waals surface area (Å²) < 4.78 is 0. The van der Waals surface area contributed by atoms with Crippen LogP contribution in [-0.4, -0.2) is 22.3 Å². The average molecular weight is 310 g/mol. The molecule has 0 aliphatic rings. The number of carbonyl (C=O) groups is 1. The number of nitrogens with zero attached hydrogens (tertiary/aromatic N) is 2. The van der Waals surface area contributed by atoms with Crippen molar-refractivity contribution in [3.63, 3.8) is 0 Å². The van der Waals surface area contributed by atoms with Crippen molar-refractivity contribution < 1.29 is 4.79 Å². The molecule has 0 spiro atoms. The van der Waals surface area contributed by atoms with Gasteiger partial charge in [0.25, 0.3) is 5.91 Å². The van der Waals surface area contributed by atoms with Crippen LogP contribution < -0.4 is 5.43 Å². The van der Waals surface area contributed by atoms with Gasteiger partial charge in [0.2, 0.25) is 0 Å². The van der Waals surface area contributed by atoms with Crippen LogP contribution in [0.2, 0.25) is 0 Å². The molecule has 0 atom stereocenters. The van der Waals surface area contributed by atoms with Crippen LogP contribution in [0.15, 0.2) is 52.9 Å². The van der Waals surface area contributed by atoms with E-state index >= 15 is 0 Å². The quantitative estimate of drug-likeness (QED) is 0.574. The molecule has 110 valence electrons. The minimum absolute atomic E-state index is 0.306. The number of hydrazone groups is 1. The van der Waals surface area contributed by atoms with Gasteiger partial charge in [0.15, 0.2) is 0 Å². The highest BCUT2D eigenvalue weighted by Gasteiger charge is 2.16. The van der Waals surface area contributed by atoms with Gasteiger partial charge in [-0.3, -0.25) is 9.89 Å². The Bertz CT molecular complexity index is 791. The predicted molar refractivity (Wildman–Crippen MR) is 88.1 cm³/mol. The SMILES string of the molecule is Cc1c(-c2ccccc2)n[nH]c1C(=O)N/N=C\c1cccs1. The van der Waals surface area contributed by atoms with Gasteiger partial charge in [0.1, 0.15) is 5.69 Å². The minimum atomic E-state index is -0.306. The van der Waals surface area contributed by atoms with Gasteiger partial charge in [-0.2, -0.15) is 10.2 Å². The van der Waals surface area contributed by atoms with E-state index in [4.69, 9.17) is 0 Å². The Hall–Kier alpha value is -2.73. The van der Waals surface area contributed by atoms with Crippen molar-refractivity contribution in [2.24, 2.45) is 5.10 Å². The van der Waals surface area contributed by atoms with Crippen LogP contribution in [0.3, 0.4) is 0 Å². The fraction of sp³-hybridized carbons (Fsp3) is 0.0625. The van der Waals surface area contributed by atoms with Crippen LogP contribution in [0.25, 0.3) is 11.3 Å². The lowest BCUT2D eigenvalue weighted by molar-refractivity contribution is 0.0949. The number of rotatable bonds is 4. The molecule has 0 unspecified atom stereocenters. The maximum atomic E-state index is 12.1. The second-order valence-corrected chi connectivity index (χ2v) is 5.63. The van der Waals surface area contributed by atoms with Crippen molar-refractivity contribution in [2.45, 2.75) is 6.92 Å². The zero-order chi connectivity index (χ0) is 15.4. The van der Waals surface area contributed by atoms with E-state index in [1.165, 1.54) is 0 Å². The zero-order valence-electron chi connectivity index (χ0n) is 11.9. The molecule has 1 aromatic carbocycles. The van der Waals surface area contributed by atoms with E-state index in [-0.39, 0.29) is 5.91 Å². The molecule has 0 radical (unpaired) electrons. The van der Waals surface area contributed by atoms with Gasteiger partial charge in [-0.1, -0.05) is 36.4 Å². The molecule has 0 saturated carbocycles. The predicted octanol–water partition coefficient (Wildman–Crippen LogP) is 3.21. The molecule has 1 amide bonds. The molecule has 0 fully saturated rings. The Kier molecular flexibility index (Phi) is 4.11. The van der Waals surface area contributed by atoms with E-state index in [1.54, 1.807) is 17.6 Å². The summed E-state index contributed by atoms with van der Waals surface area (Å²) in [4.78, 5) is 13.1. The molecule has 22 heavy (non-hydrogen) atoms. The summed E-state index contributed by atoms with van der Waals surface area (Å²) in [6, 6.07) is 13.6. The highest BCUT2D eigenvalue weighted by molar-refractivity contribution is 7.11. The third kappa shape index (κ3) is 2.96. The number of hydrogen-bond acceptors (Lipinski definition) is 4. The van der Waals surface area contributed by atoms with Gasteiger partial charge in [0, 0.05) is 16.0 Å². The summed E-state index contributed by atoms with van der Waals surface area (Å²) in [5, 5.41) is 12.9. The number of hydrogen-bond donors (Lipinski definition) is 2. The Balaban J connectivity index is 1.75. The Morgan fingerprint density at radius 2 is 2.09 bits per heavy atom. The van der Waals surface area contributed by atoms with Crippen molar-refractivity contribution in [1.29, 1.82) is 0 Å². The minimum Gasteiger partial charge on any atom is -0.272 e. The normalized spacial score (nSPS) is 11.0. The lowest BCUT2D eigenvalue weighted by atomic mass is 10.1. The Morgan fingerprint density at radius 3 is 2.82 bits per heavy atom. The lowest BCUT2D eigenvalue weighted by Gasteiger charge is -1.99. The van der Waals surface area contributed by atoms with Crippen LogP contribution in [0.4, 0.5) is 0 Å². The molecule has 0 aliphatic carbocycles. The van der Waals surface area contributed by atoms with Gasteiger partial charge in [-0.15, -0.1) is 11.3 Å². The van der Waals surface area contributed by atoms with E-state index in [1.807, 2.05) is 54.8 Å². The van der Waals surface area contributed by atoms with Crippen LogP contribution in [0, 0.1) is 6.92 Å². The van der Waals surface area contributed by atoms with Crippen molar-refractivity contribution >= 4 is 23.5 Å². The lowest BCUT2D eigenvalue weighted by Crippen LogP contribution is -2.19. The summed E-state index contributed by atoms with van der Waals surface area (Å²) in [6.07, 6.45) is 1.62. The first-order chi connectivity index (χ1) is 10.8. The summed E-state index contributed by atoms with van der Waals surface area (Å²) in [6.45, 7) is 1.86. The molecular formula is C16H14N4OS. The number of aromatic nitrogens is 2. The van der Waals surface area contributed by atoms with E-state index in [0.717, 1.165) is 21.7 Å². The molecule has 3 rings (SSSR count). The number of thiophene rings is 1. The average Bonchev–Trinajstić information content (AvgIpc) is 3.18. The molecule has 2 aromatic heterocycles. The first-order valence-corrected chi connectivity index (χ1v) is 7.61. The monoisotopic (exact) mass is 310 g/mol. The van der Waals surface area contributed by atoms with Gasteiger partial charge in [-0.25, -0.2) is 5.43 Å². The maximum absolute atomic E-state index is 12.1. The molecule has 3 aromatic rings. The van der Waals surface area contributed by atoms with Gasteiger partial charge in [0.05, 0.1) is 11.9 Å². The summed E-state index contributed by atoms with van der Waals surface area (Å²) in [5.74, 6) is -0.306. The van der Waals surface area contributed by atoms with E-state index in [2.05, 4.69) is 20.7 Å². The third-order valence-electron chi connectivity index (χ3n) is 3.19. The topological polar surface area (TPSA) is 70.1 Å². The number of benzene rings is 1. The molecular weight excluding hydrogens is 296 g/mol. The first-order valence-electron chi connectivity index (χ1n) is 6.73. The number of amides is 1. The number of nitrogens with one attached hydrogen (secondary N) is 2. The van der Waals surface area contributed by atoms with E-state index in [0.29, 0.717) is 5.69 Å². The van der Waals surface area contributed by atoms with Crippen molar-refractivity contribution in [3.05, 3.63) is 64.0 Å². The number of H-pyrrole nitrogens is 1. The third-order valence-corrected chi connectivity index (χ3v) is 3.99.